The van der Waals surface area contributed by atoms with Crippen LogP contribution in [0.4, 0.5) is 0 Å². The summed E-state index contributed by atoms with van der Waals surface area (Å²) in [6, 6.07) is 42.9. The van der Waals surface area contributed by atoms with Crippen LogP contribution in [0.15, 0.2) is 141 Å². The quantitative estimate of drug-likeness (QED) is 0.335. The molecule has 0 aromatic heterocycles. The van der Waals surface area contributed by atoms with Gasteiger partial charge in [0.2, 0.25) is 0 Å². The molecule has 0 heterocycles. The summed E-state index contributed by atoms with van der Waals surface area (Å²) in [6.07, 6.45) is 0. The third-order valence-corrected chi connectivity index (χ3v) is 8.39. The molecule has 0 saturated heterocycles. The highest BCUT2D eigenvalue weighted by Crippen LogP contribution is 2.35. The maximum atomic E-state index is 3.97. The zero-order chi connectivity index (χ0) is 18.3. The van der Waals surface area contributed by atoms with E-state index in [0.717, 1.165) is 0 Å². The summed E-state index contributed by atoms with van der Waals surface area (Å²) < 4.78 is 0. The smallest absolute Gasteiger partial charge is 0.0619 e. The number of rotatable bonds is 6. The van der Waals surface area contributed by atoms with E-state index in [9.17, 15) is 0 Å². The predicted octanol–water partition coefficient (Wildman–Crippen LogP) is 6.46. The van der Waals surface area contributed by atoms with Crippen molar-refractivity contribution in [1.82, 2.24) is 0 Å². The molecule has 2 heteroatoms. The lowest BCUT2D eigenvalue weighted by atomic mass is 10.4. The fourth-order valence-electron chi connectivity index (χ4n) is 2.77. The molecule has 0 spiro atoms. The van der Waals surface area contributed by atoms with Gasteiger partial charge in [0, 0.05) is 0 Å². The van der Waals surface area contributed by atoms with Crippen LogP contribution < -0.4 is 0 Å². The standard InChI is InChI=1S/C25H20S2/c1-5-13-22(14-6-1)26(23-15-7-2-8-16-23)21-27(24-17-9-3-10-18-24)25-19-11-4-12-20-25/h1-20H/q+2. The van der Waals surface area contributed by atoms with Gasteiger partial charge in [-0.15, -0.1) is 0 Å². The molecule has 130 valence electrons. The van der Waals surface area contributed by atoms with Gasteiger partial charge in [0.15, 0.2) is 19.6 Å². The second-order valence-electron chi connectivity index (χ2n) is 5.95. The molecule has 27 heavy (non-hydrogen) atoms. The first kappa shape index (κ1) is 18.0. The minimum absolute atomic E-state index is 0.220. The van der Waals surface area contributed by atoms with Crippen LogP contribution in [-0.4, -0.2) is 0 Å². The van der Waals surface area contributed by atoms with E-state index in [4.69, 9.17) is 0 Å². The summed E-state index contributed by atoms with van der Waals surface area (Å²) >= 11 is 0. The maximum Gasteiger partial charge on any atom is 0.513 e. The average Bonchev–Trinajstić information content (AvgIpc) is 2.77. The molecule has 0 fully saturated rings. The van der Waals surface area contributed by atoms with Crippen LogP contribution in [0.1, 0.15) is 0 Å². The van der Waals surface area contributed by atoms with E-state index in [0.29, 0.717) is 0 Å². The number of hydrogen-bond acceptors (Lipinski definition) is 0. The molecule has 0 bridgehead atoms. The average molecular weight is 385 g/mol. The highest BCUT2D eigenvalue weighted by atomic mass is 32.3. The second-order valence-corrected chi connectivity index (χ2v) is 9.72. The van der Waals surface area contributed by atoms with Crippen LogP contribution in [0, 0.1) is 5.08 Å². The first-order valence-corrected chi connectivity index (χ1v) is 11.3. The summed E-state index contributed by atoms with van der Waals surface area (Å²) in [5, 5.41) is 3.97. The van der Waals surface area contributed by atoms with E-state index in [1.807, 2.05) is 0 Å². The molecule has 4 aromatic carbocycles. The Hall–Kier alpha value is -2.42. The summed E-state index contributed by atoms with van der Waals surface area (Å²) in [5.41, 5.74) is 0. The molecule has 0 amide bonds. The van der Waals surface area contributed by atoms with Gasteiger partial charge in [-0.05, 0) is 48.5 Å². The van der Waals surface area contributed by atoms with Crippen molar-refractivity contribution in [3.8, 4) is 0 Å². The molecule has 0 unspecified atom stereocenters. The molecule has 0 N–H and O–H groups in total. The van der Waals surface area contributed by atoms with Crippen LogP contribution in [-0.2, 0) is 21.8 Å². The second kappa shape index (κ2) is 8.98. The van der Waals surface area contributed by atoms with Crippen molar-refractivity contribution >= 4 is 21.8 Å². The summed E-state index contributed by atoms with van der Waals surface area (Å²) in [7, 11) is -0.440. The summed E-state index contributed by atoms with van der Waals surface area (Å²) in [4.78, 5) is 5.20. The monoisotopic (exact) mass is 384 g/mol. The summed E-state index contributed by atoms with van der Waals surface area (Å²) in [5.74, 6) is 0. The Bertz CT molecular complexity index is 778. The van der Waals surface area contributed by atoms with Crippen molar-refractivity contribution < 1.29 is 0 Å². The third kappa shape index (κ3) is 4.47. The zero-order valence-electron chi connectivity index (χ0n) is 14.9. The lowest BCUT2D eigenvalue weighted by Gasteiger charge is -2.07. The van der Waals surface area contributed by atoms with Crippen LogP contribution >= 0.6 is 0 Å². The molecule has 0 aliphatic carbocycles. The topological polar surface area (TPSA) is 0 Å². The van der Waals surface area contributed by atoms with Crippen LogP contribution in [0.2, 0.25) is 0 Å². The Kier molecular flexibility index (Phi) is 5.98. The van der Waals surface area contributed by atoms with Gasteiger partial charge in [-0.3, -0.25) is 0 Å². The van der Waals surface area contributed by atoms with Crippen LogP contribution in [0.25, 0.3) is 0 Å². The van der Waals surface area contributed by atoms with Crippen molar-refractivity contribution in [2.45, 2.75) is 19.6 Å². The lowest BCUT2D eigenvalue weighted by molar-refractivity contribution is 1.37. The molecule has 0 saturated carbocycles. The molecule has 2 radical (unpaired) electrons. The Morgan fingerprint density at radius 1 is 0.333 bits per heavy atom. The van der Waals surface area contributed by atoms with E-state index in [2.05, 4.69) is 126 Å². The van der Waals surface area contributed by atoms with E-state index >= 15 is 0 Å². The van der Waals surface area contributed by atoms with Crippen LogP contribution in [0.3, 0.4) is 0 Å². The molecule has 4 aromatic rings. The molecule has 0 nitrogen and oxygen atoms in total. The van der Waals surface area contributed by atoms with Gasteiger partial charge in [-0.25, -0.2) is 0 Å². The number of benzene rings is 4. The van der Waals surface area contributed by atoms with E-state index < -0.39 is 0 Å². The van der Waals surface area contributed by atoms with Crippen LogP contribution in [0.5, 0.6) is 0 Å². The van der Waals surface area contributed by atoms with Gasteiger partial charge in [0.05, 0.1) is 0 Å². The molecule has 0 aliphatic heterocycles. The van der Waals surface area contributed by atoms with E-state index in [1.54, 1.807) is 0 Å². The Labute approximate surface area is 167 Å². The lowest BCUT2D eigenvalue weighted by Crippen LogP contribution is -2.13. The Morgan fingerprint density at radius 2 is 0.556 bits per heavy atom. The van der Waals surface area contributed by atoms with E-state index in [1.165, 1.54) is 19.6 Å². The fourth-order valence-corrected chi connectivity index (χ4v) is 7.24. The highest BCUT2D eigenvalue weighted by molar-refractivity contribution is 8.16. The Morgan fingerprint density at radius 3 is 0.778 bits per heavy atom. The molecular weight excluding hydrogens is 364 g/mol. The third-order valence-electron chi connectivity index (χ3n) is 4.08. The largest absolute Gasteiger partial charge is 0.513 e. The summed E-state index contributed by atoms with van der Waals surface area (Å²) in [6.45, 7) is 0. The van der Waals surface area contributed by atoms with Gasteiger partial charge in [0.25, 0.3) is 0 Å². The highest BCUT2D eigenvalue weighted by Gasteiger charge is 2.44. The molecular formula is C25H20S2+2. The molecule has 0 aliphatic rings. The SMILES string of the molecule is [C]([S+](c1ccccc1)c1ccccc1)[S+](c1ccccc1)c1ccccc1. The minimum atomic E-state index is -0.220. The van der Waals surface area contributed by atoms with Crippen molar-refractivity contribution in [3.05, 3.63) is 126 Å². The van der Waals surface area contributed by atoms with Crippen molar-refractivity contribution in [3.63, 3.8) is 0 Å². The van der Waals surface area contributed by atoms with Gasteiger partial charge >= 0.3 is 5.08 Å². The normalized spacial score (nSPS) is 11.0. The number of hydrogen-bond donors (Lipinski definition) is 0. The Balaban J connectivity index is 1.77. The first-order valence-electron chi connectivity index (χ1n) is 8.87. The van der Waals surface area contributed by atoms with Gasteiger partial charge < -0.3 is 0 Å². The van der Waals surface area contributed by atoms with Gasteiger partial charge in [-0.2, -0.15) is 0 Å². The van der Waals surface area contributed by atoms with Gasteiger partial charge in [0.1, 0.15) is 21.8 Å². The molecule has 0 atom stereocenters. The zero-order valence-corrected chi connectivity index (χ0v) is 16.5. The van der Waals surface area contributed by atoms with E-state index in [-0.39, 0.29) is 21.8 Å². The predicted molar refractivity (Wildman–Crippen MR) is 117 cm³/mol. The molecule has 4 rings (SSSR count). The van der Waals surface area contributed by atoms with Gasteiger partial charge in [-0.1, -0.05) is 72.8 Å². The van der Waals surface area contributed by atoms with Crippen molar-refractivity contribution in [2.75, 3.05) is 0 Å². The first-order chi connectivity index (χ1) is 13.4. The van der Waals surface area contributed by atoms with Crippen molar-refractivity contribution in [2.24, 2.45) is 0 Å². The minimum Gasteiger partial charge on any atom is -0.0619 e. The maximum absolute atomic E-state index is 3.97. The fraction of sp³-hybridized carbons (Fsp3) is 0. The van der Waals surface area contributed by atoms with Crippen molar-refractivity contribution in [1.29, 1.82) is 0 Å².